The molecular formula is C18H38N2. The van der Waals surface area contributed by atoms with Crippen molar-refractivity contribution in [3.05, 3.63) is 12.2 Å². The molecule has 2 nitrogen and oxygen atoms in total. The average Bonchev–Trinajstić information content (AvgIpc) is 2.49. The predicted octanol–water partition coefficient (Wildman–Crippen LogP) is 4.61. The van der Waals surface area contributed by atoms with Gasteiger partial charge in [0.15, 0.2) is 0 Å². The van der Waals surface area contributed by atoms with Crippen molar-refractivity contribution in [1.82, 2.24) is 10.2 Å². The molecule has 0 spiro atoms. The van der Waals surface area contributed by atoms with Crippen molar-refractivity contribution in [2.75, 3.05) is 19.6 Å². The molecule has 0 fully saturated rings. The molecule has 0 saturated carbocycles. The Hall–Kier alpha value is -0.340. The Balaban J connectivity index is 5.31. The molecule has 0 bridgehead atoms. The summed E-state index contributed by atoms with van der Waals surface area (Å²) in [5, 5.41) is 3.82. The molecule has 1 N–H and O–H groups in total. The van der Waals surface area contributed by atoms with Crippen molar-refractivity contribution in [2.24, 2.45) is 0 Å². The summed E-state index contributed by atoms with van der Waals surface area (Å²) in [6.07, 6.45) is 5.78. The third-order valence-corrected chi connectivity index (χ3v) is 4.90. The molecule has 0 amide bonds. The molecule has 20 heavy (non-hydrogen) atoms. The monoisotopic (exact) mass is 282 g/mol. The Bertz CT molecular complexity index is 252. The van der Waals surface area contributed by atoms with Gasteiger partial charge < -0.3 is 5.32 Å². The van der Waals surface area contributed by atoms with Gasteiger partial charge in [0.25, 0.3) is 0 Å². The Labute approximate surface area is 128 Å². The van der Waals surface area contributed by atoms with Crippen molar-refractivity contribution in [3.8, 4) is 0 Å². The summed E-state index contributed by atoms with van der Waals surface area (Å²) < 4.78 is 0. The van der Waals surface area contributed by atoms with Crippen LogP contribution < -0.4 is 5.32 Å². The lowest BCUT2D eigenvalue weighted by molar-refractivity contribution is 0.0491. The van der Waals surface area contributed by atoms with Crippen LogP contribution in [0.3, 0.4) is 0 Å². The number of hydrogen-bond acceptors (Lipinski definition) is 2. The van der Waals surface area contributed by atoms with Crippen molar-refractivity contribution in [1.29, 1.82) is 0 Å². The van der Waals surface area contributed by atoms with E-state index in [1.165, 1.54) is 24.8 Å². The maximum absolute atomic E-state index is 4.26. The van der Waals surface area contributed by atoms with Crippen LogP contribution in [0.4, 0.5) is 0 Å². The second kappa shape index (κ2) is 10.4. The first kappa shape index (κ1) is 19.7. The zero-order valence-electron chi connectivity index (χ0n) is 14.9. The molecule has 0 aliphatic heterocycles. The van der Waals surface area contributed by atoms with Gasteiger partial charge in [0.1, 0.15) is 0 Å². The summed E-state index contributed by atoms with van der Waals surface area (Å²) >= 11 is 0. The molecule has 1 atom stereocenters. The van der Waals surface area contributed by atoms with E-state index < -0.39 is 0 Å². The molecule has 0 aromatic carbocycles. The van der Waals surface area contributed by atoms with E-state index in [0.29, 0.717) is 6.04 Å². The van der Waals surface area contributed by atoms with Crippen LogP contribution in [0.1, 0.15) is 73.6 Å². The number of likely N-dealkylation sites (N-methyl/N-ethyl adjacent to an activating group) is 1. The molecule has 0 radical (unpaired) electrons. The van der Waals surface area contributed by atoms with Gasteiger partial charge in [0, 0.05) is 11.6 Å². The first-order valence-corrected chi connectivity index (χ1v) is 8.71. The Morgan fingerprint density at radius 3 is 1.95 bits per heavy atom. The van der Waals surface area contributed by atoms with Gasteiger partial charge in [0.2, 0.25) is 0 Å². The van der Waals surface area contributed by atoms with Gasteiger partial charge in [-0.3, -0.25) is 4.90 Å². The smallest absolute Gasteiger partial charge is 0.0360 e. The number of rotatable bonds is 12. The topological polar surface area (TPSA) is 15.3 Å². The highest BCUT2D eigenvalue weighted by molar-refractivity contribution is 5.06. The molecule has 2 heteroatoms. The first-order chi connectivity index (χ1) is 9.55. The van der Waals surface area contributed by atoms with Crippen molar-refractivity contribution in [2.45, 2.75) is 85.2 Å². The van der Waals surface area contributed by atoms with Crippen LogP contribution >= 0.6 is 0 Å². The average molecular weight is 283 g/mol. The minimum Gasteiger partial charge on any atom is -0.312 e. The summed E-state index contributed by atoms with van der Waals surface area (Å²) in [6, 6.07) is 0.518. The van der Waals surface area contributed by atoms with Gasteiger partial charge in [-0.15, -0.1) is 0 Å². The molecular weight excluding hydrogens is 244 g/mol. The maximum Gasteiger partial charge on any atom is 0.0360 e. The molecule has 0 heterocycles. The number of nitrogens with zero attached hydrogens (tertiary/aromatic N) is 1. The standard InChI is InChI=1S/C18H38N2/c1-8-14-19-17(15-16(7)9-2)18(10-3,11-4)20(12-5)13-6/h17,19H,7-15H2,1-6H3. The van der Waals surface area contributed by atoms with Crippen LogP contribution in [0.5, 0.6) is 0 Å². The Kier molecular flexibility index (Phi) is 10.2. The van der Waals surface area contributed by atoms with Gasteiger partial charge in [-0.1, -0.05) is 53.7 Å². The quantitative estimate of drug-likeness (QED) is 0.526. The third-order valence-electron chi connectivity index (χ3n) is 4.90. The van der Waals surface area contributed by atoms with Crippen LogP contribution in [0.2, 0.25) is 0 Å². The number of hydrogen-bond donors (Lipinski definition) is 1. The first-order valence-electron chi connectivity index (χ1n) is 8.71. The predicted molar refractivity (Wildman–Crippen MR) is 92.4 cm³/mol. The van der Waals surface area contributed by atoms with Gasteiger partial charge in [-0.05, 0) is 51.7 Å². The minimum absolute atomic E-state index is 0.261. The zero-order chi connectivity index (χ0) is 15.6. The molecule has 0 aromatic rings. The van der Waals surface area contributed by atoms with Gasteiger partial charge in [0.05, 0.1) is 0 Å². The molecule has 0 aromatic heterocycles. The van der Waals surface area contributed by atoms with E-state index in [1.54, 1.807) is 0 Å². The van der Waals surface area contributed by atoms with Crippen LogP contribution in [0.25, 0.3) is 0 Å². The highest BCUT2D eigenvalue weighted by atomic mass is 15.2. The highest BCUT2D eigenvalue weighted by Gasteiger charge is 2.39. The molecule has 0 rings (SSSR count). The lowest BCUT2D eigenvalue weighted by Crippen LogP contribution is -2.61. The maximum atomic E-state index is 4.26. The summed E-state index contributed by atoms with van der Waals surface area (Å²) in [6.45, 7) is 21.3. The van der Waals surface area contributed by atoms with Gasteiger partial charge in [-0.2, -0.15) is 0 Å². The van der Waals surface area contributed by atoms with Crippen molar-refractivity contribution >= 4 is 0 Å². The molecule has 0 aliphatic carbocycles. The summed E-state index contributed by atoms with van der Waals surface area (Å²) in [7, 11) is 0. The van der Waals surface area contributed by atoms with Crippen LogP contribution in [-0.4, -0.2) is 36.1 Å². The zero-order valence-corrected chi connectivity index (χ0v) is 14.9. The summed E-state index contributed by atoms with van der Waals surface area (Å²) in [4.78, 5) is 2.66. The van der Waals surface area contributed by atoms with Gasteiger partial charge in [-0.25, -0.2) is 0 Å². The summed E-state index contributed by atoms with van der Waals surface area (Å²) in [5.74, 6) is 0. The van der Waals surface area contributed by atoms with Crippen LogP contribution in [-0.2, 0) is 0 Å². The lowest BCUT2D eigenvalue weighted by Gasteiger charge is -2.48. The van der Waals surface area contributed by atoms with Crippen LogP contribution in [0.15, 0.2) is 12.2 Å². The SMILES string of the molecule is C=C(CC)CC(NCCC)C(CC)(CC)N(CC)CC. The fourth-order valence-corrected chi connectivity index (χ4v) is 3.47. The number of nitrogens with one attached hydrogen (secondary N) is 1. The third kappa shape index (κ3) is 4.89. The van der Waals surface area contributed by atoms with Crippen molar-refractivity contribution < 1.29 is 0 Å². The van der Waals surface area contributed by atoms with Crippen molar-refractivity contribution in [3.63, 3.8) is 0 Å². The highest BCUT2D eigenvalue weighted by Crippen LogP contribution is 2.31. The van der Waals surface area contributed by atoms with E-state index in [-0.39, 0.29) is 5.54 Å². The van der Waals surface area contributed by atoms with E-state index in [4.69, 9.17) is 0 Å². The fourth-order valence-electron chi connectivity index (χ4n) is 3.47. The van der Waals surface area contributed by atoms with E-state index in [9.17, 15) is 0 Å². The van der Waals surface area contributed by atoms with Crippen LogP contribution in [0, 0.1) is 0 Å². The second-order valence-corrected chi connectivity index (χ2v) is 5.80. The Morgan fingerprint density at radius 2 is 1.60 bits per heavy atom. The fraction of sp³-hybridized carbons (Fsp3) is 0.889. The summed E-state index contributed by atoms with van der Waals surface area (Å²) in [5.41, 5.74) is 1.63. The Morgan fingerprint density at radius 1 is 1.05 bits per heavy atom. The van der Waals surface area contributed by atoms with E-state index in [2.05, 4.69) is 58.3 Å². The van der Waals surface area contributed by atoms with E-state index in [0.717, 1.165) is 32.5 Å². The lowest BCUT2D eigenvalue weighted by atomic mass is 9.79. The minimum atomic E-state index is 0.261. The van der Waals surface area contributed by atoms with Gasteiger partial charge >= 0.3 is 0 Å². The molecule has 1 unspecified atom stereocenters. The largest absolute Gasteiger partial charge is 0.312 e. The normalized spacial score (nSPS) is 13.8. The second-order valence-electron chi connectivity index (χ2n) is 5.80. The molecule has 0 saturated heterocycles. The molecule has 120 valence electrons. The van der Waals surface area contributed by atoms with E-state index in [1.807, 2.05) is 0 Å². The van der Waals surface area contributed by atoms with E-state index >= 15 is 0 Å². The molecule has 0 aliphatic rings.